The SMILES string of the molecule is CCOC(=O)C1CCN(C(=NS(=O)(=O)c2ccc(F)cc2)c2ccccc2)CC1. The van der Waals surface area contributed by atoms with Crippen LogP contribution >= 0.6 is 0 Å². The standard InChI is InChI=1S/C21H23FN2O4S/c1-2-28-21(25)17-12-14-24(15-13-17)20(16-6-4-3-5-7-16)23-29(26,27)19-10-8-18(22)9-11-19/h3-11,17H,2,12-15H2,1H3. The van der Waals surface area contributed by atoms with E-state index in [4.69, 9.17) is 4.74 Å². The smallest absolute Gasteiger partial charge is 0.309 e. The normalized spacial score (nSPS) is 15.9. The lowest BCUT2D eigenvalue weighted by Gasteiger charge is -2.33. The van der Waals surface area contributed by atoms with Crippen molar-refractivity contribution >= 4 is 21.8 Å². The summed E-state index contributed by atoms with van der Waals surface area (Å²) in [7, 11) is -4.02. The van der Waals surface area contributed by atoms with Crippen molar-refractivity contribution in [3.63, 3.8) is 0 Å². The van der Waals surface area contributed by atoms with E-state index in [0.717, 1.165) is 12.1 Å². The summed E-state index contributed by atoms with van der Waals surface area (Å²) in [5.41, 5.74) is 0.660. The molecule has 29 heavy (non-hydrogen) atoms. The summed E-state index contributed by atoms with van der Waals surface area (Å²) in [6, 6.07) is 13.6. The third-order valence-electron chi connectivity index (χ3n) is 4.76. The highest BCUT2D eigenvalue weighted by Gasteiger charge is 2.29. The van der Waals surface area contributed by atoms with Gasteiger partial charge in [-0.05, 0) is 44.0 Å². The van der Waals surface area contributed by atoms with Gasteiger partial charge in [-0.2, -0.15) is 8.42 Å². The molecule has 2 aromatic rings. The van der Waals surface area contributed by atoms with Crippen LogP contribution in [0.25, 0.3) is 0 Å². The highest BCUT2D eigenvalue weighted by molar-refractivity contribution is 7.90. The zero-order valence-corrected chi connectivity index (χ0v) is 16.9. The van der Waals surface area contributed by atoms with Gasteiger partial charge >= 0.3 is 5.97 Å². The van der Waals surface area contributed by atoms with Crippen molar-refractivity contribution in [2.75, 3.05) is 19.7 Å². The van der Waals surface area contributed by atoms with Gasteiger partial charge in [-0.25, -0.2) is 4.39 Å². The van der Waals surface area contributed by atoms with Gasteiger partial charge in [-0.15, -0.1) is 4.40 Å². The first-order chi connectivity index (χ1) is 13.9. The van der Waals surface area contributed by atoms with Crippen LogP contribution < -0.4 is 0 Å². The highest BCUT2D eigenvalue weighted by atomic mass is 32.2. The summed E-state index contributed by atoms with van der Waals surface area (Å²) in [6.07, 6.45) is 1.11. The summed E-state index contributed by atoms with van der Waals surface area (Å²) in [6.45, 7) is 3.07. The Morgan fingerprint density at radius 2 is 1.72 bits per heavy atom. The second kappa shape index (κ2) is 9.17. The van der Waals surface area contributed by atoms with Crippen LogP contribution in [-0.2, 0) is 19.6 Å². The molecule has 1 fully saturated rings. The van der Waals surface area contributed by atoms with E-state index in [9.17, 15) is 17.6 Å². The molecule has 0 amide bonds. The molecule has 0 aromatic heterocycles. The van der Waals surface area contributed by atoms with Crippen molar-refractivity contribution in [3.8, 4) is 0 Å². The molecule has 1 heterocycles. The molecule has 0 bridgehead atoms. The number of piperidine rings is 1. The maximum atomic E-state index is 13.2. The van der Waals surface area contributed by atoms with Gasteiger partial charge in [0.2, 0.25) is 0 Å². The van der Waals surface area contributed by atoms with Crippen LogP contribution in [-0.4, -0.2) is 44.8 Å². The predicted octanol–water partition coefficient (Wildman–Crippen LogP) is 3.24. The van der Waals surface area contributed by atoms with Crippen molar-refractivity contribution in [3.05, 3.63) is 66.0 Å². The number of nitrogens with zero attached hydrogens (tertiary/aromatic N) is 2. The van der Waals surface area contributed by atoms with E-state index >= 15 is 0 Å². The lowest BCUT2D eigenvalue weighted by Crippen LogP contribution is -2.41. The fraction of sp³-hybridized carbons (Fsp3) is 0.333. The zero-order valence-electron chi connectivity index (χ0n) is 16.1. The summed E-state index contributed by atoms with van der Waals surface area (Å²) in [4.78, 5) is 13.8. The predicted molar refractivity (Wildman–Crippen MR) is 107 cm³/mol. The maximum Gasteiger partial charge on any atom is 0.309 e. The Bertz CT molecular complexity index is 968. The Kier molecular flexibility index (Phi) is 6.64. The molecular formula is C21H23FN2O4S. The number of ether oxygens (including phenoxy) is 1. The van der Waals surface area contributed by atoms with Crippen LogP contribution in [0.4, 0.5) is 4.39 Å². The molecule has 8 heteroatoms. The molecule has 6 nitrogen and oxygen atoms in total. The molecule has 1 aliphatic rings. The number of esters is 1. The van der Waals surface area contributed by atoms with E-state index in [-0.39, 0.29) is 16.8 Å². The van der Waals surface area contributed by atoms with Crippen LogP contribution in [0.2, 0.25) is 0 Å². The number of carbonyl (C=O) groups excluding carboxylic acids is 1. The first-order valence-electron chi connectivity index (χ1n) is 9.48. The molecule has 1 aliphatic heterocycles. The number of hydrogen-bond donors (Lipinski definition) is 0. The summed E-state index contributed by atoms with van der Waals surface area (Å²) in [5, 5.41) is 0. The molecule has 0 unspecified atom stereocenters. The van der Waals surface area contributed by atoms with Crippen molar-refractivity contribution in [1.29, 1.82) is 0 Å². The van der Waals surface area contributed by atoms with E-state index in [1.807, 2.05) is 11.0 Å². The number of carbonyl (C=O) groups is 1. The van der Waals surface area contributed by atoms with Gasteiger partial charge in [0.15, 0.2) is 0 Å². The Morgan fingerprint density at radius 1 is 1.10 bits per heavy atom. The number of rotatable bonds is 5. The van der Waals surface area contributed by atoms with Gasteiger partial charge in [0.1, 0.15) is 11.7 Å². The van der Waals surface area contributed by atoms with E-state index in [0.29, 0.717) is 43.9 Å². The molecule has 0 radical (unpaired) electrons. The minimum atomic E-state index is -4.02. The van der Waals surface area contributed by atoms with E-state index < -0.39 is 15.8 Å². The molecule has 0 saturated carbocycles. The van der Waals surface area contributed by atoms with Gasteiger partial charge in [0.25, 0.3) is 10.0 Å². The van der Waals surface area contributed by atoms with Crippen LogP contribution in [0, 0.1) is 11.7 Å². The lowest BCUT2D eigenvalue weighted by atomic mass is 9.96. The van der Waals surface area contributed by atoms with Crippen LogP contribution in [0.15, 0.2) is 63.9 Å². The first kappa shape index (κ1) is 21.0. The number of amidine groups is 1. The topological polar surface area (TPSA) is 76.0 Å². The molecule has 0 spiro atoms. The van der Waals surface area contributed by atoms with E-state index in [2.05, 4.69) is 4.40 Å². The second-order valence-corrected chi connectivity index (χ2v) is 8.33. The van der Waals surface area contributed by atoms with Crippen molar-refractivity contribution in [2.45, 2.75) is 24.7 Å². The first-order valence-corrected chi connectivity index (χ1v) is 10.9. The minimum absolute atomic E-state index is 0.0752. The average molecular weight is 418 g/mol. The van der Waals surface area contributed by atoms with Crippen LogP contribution in [0.1, 0.15) is 25.3 Å². The number of halogens is 1. The Morgan fingerprint density at radius 3 is 2.31 bits per heavy atom. The molecule has 2 aromatic carbocycles. The Balaban J connectivity index is 1.90. The third-order valence-corrected chi connectivity index (χ3v) is 6.05. The molecule has 154 valence electrons. The van der Waals surface area contributed by atoms with Crippen molar-refractivity contribution in [1.82, 2.24) is 4.90 Å². The highest BCUT2D eigenvalue weighted by Crippen LogP contribution is 2.23. The lowest BCUT2D eigenvalue weighted by molar-refractivity contribution is -0.149. The minimum Gasteiger partial charge on any atom is -0.466 e. The van der Waals surface area contributed by atoms with Gasteiger partial charge in [-0.1, -0.05) is 30.3 Å². The van der Waals surface area contributed by atoms with Crippen LogP contribution in [0.5, 0.6) is 0 Å². The van der Waals surface area contributed by atoms with Gasteiger partial charge in [0.05, 0.1) is 17.4 Å². The van der Waals surface area contributed by atoms with Gasteiger partial charge in [0, 0.05) is 18.7 Å². The average Bonchev–Trinajstić information content (AvgIpc) is 2.73. The maximum absolute atomic E-state index is 13.2. The molecule has 0 N–H and O–H groups in total. The molecule has 1 saturated heterocycles. The fourth-order valence-corrected chi connectivity index (χ4v) is 4.27. The molecular weight excluding hydrogens is 395 g/mol. The largest absolute Gasteiger partial charge is 0.466 e. The summed E-state index contributed by atoms with van der Waals surface area (Å²) >= 11 is 0. The molecule has 0 aliphatic carbocycles. The quantitative estimate of drug-likeness (QED) is 0.423. The number of benzene rings is 2. The number of likely N-dealkylation sites (tertiary alicyclic amines) is 1. The third kappa shape index (κ3) is 5.20. The Labute approximate surface area is 170 Å². The molecule has 0 atom stereocenters. The number of sulfonamides is 1. The number of hydrogen-bond acceptors (Lipinski definition) is 4. The van der Waals surface area contributed by atoms with Gasteiger partial charge in [-0.3, -0.25) is 4.79 Å². The second-order valence-electron chi connectivity index (χ2n) is 6.72. The van der Waals surface area contributed by atoms with Crippen molar-refractivity contribution < 1.29 is 22.3 Å². The fourth-order valence-electron chi connectivity index (χ4n) is 3.24. The van der Waals surface area contributed by atoms with Crippen molar-refractivity contribution in [2.24, 2.45) is 10.3 Å². The monoisotopic (exact) mass is 418 g/mol. The summed E-state index contributed by atoms with van der Waals surface area (Å²) < 4.78 is 48.0. The zero-order chi connectivity index (χ0) is 20.9. The van der Waals surface area contributed by atoms with Gasteiger partial charge < -0.3 is 9.64 Å². The molecule has 3 rings (SSSR count). The summed E-state index contributed by atoms with van der Waals surface area (Å²) in [5.74, 6) is -0.615. The Hall–Kier alpha value is -2.74. The van der Waals surface area contributed by atoms with E-state index in [1.165, 1.54) is 12.1 Å². The van der Waals surface area contributed by atoms with Crippen LogP contribution in [0.3, 0.4) is 0 Å². The van der Waals surface area contributed by atoms with E-state index in [1.54, 1.807) is 31.2 Å².